The molecule has 2 saturated carbocycles. The first-order chi connectivity index (χ1) is 15.1. The zero-order valence-electron chi connectivity index (χ0n) is 19.6. The molecule has 2 aliphatic heterocycles. The van der Waals surface area contributed by atoms with E-state index < -0.39 is 35.6 Å². The molecule has 0 aromatic heterocycles. The van der Waals surface area contributed by atoms with Crippen LogP contribution in [0.15, 0.2) is 0 Å². The summed E-state index contributed by atoms with van der Waals surface area (Å²) in [7, 11) is 0. The highest BCUT2D eigenvalue weighted by molar-refractivity contribution is 5.76. The van der Waals surface area contributed by atoms with E-state index in [1.54, 1.807) is 0 Å². The molecule has 4 rings (SSSR count). The molecule has 0 spiro atoms. The number of piperidine rings is 1. The van der Waals surface area contributed by atoms with E-state index in [2.05, 4.69) is 11.8 Å². The van der Waals surface area contributed by atoms with Crippen molar-refractivity contribution >= 4 is 17.9 Å². The quantitative estimate of drug-likeness (QED) is 0.511. The van der Waals surface area contributed by atoms with Crippen molar-refractivity contribution in [2.24, 2.45) is 29.1 Å². The number of esters is 3. The standard InChI is InChI=1S/C24H37NO7/c1-13-10-17-20(16(23(29)32-17)12-25-8-6-5-7-9-25)22(28)24(4)19(31-15(3)27)11-18(21(13)24)30-14(2)26/h13,16-22,28H,5-12H2,1-4H3/t13-,16?,17+,18+,19+,20-,21?,22+,24-/m1/s1. The summed E-state index contributed by atoms with van der Waals surface area (Å²) in [4.78, 5) is 39.0. The lowest BCUT2D eigenvalue weighted by atomic mass is 9.66. The van der Waals surface area contributed by atoms with Crippen molar-refractivity contribution in [2.75, 3.05) is 19.6 Å². The largest absolute Gasteiger partial charge is 0.462 e. The fourth-order valence-corrected chi connectivity index (χ4v) is 7.21. The van der Waals surface area contributed by atoms with Gasteiger partial charge >= 0.3 is 17.9 Å². The Bertz CT molecular complexity index is 751. The third-order valence-corrected chi connectivity index (χ3v) is 8.47. The topological polar surface area (TPSA) is 102 Å². The number of likely N-dealkylation sites (tertiary alicyclic amines) is 1. The lowest BCUT2D eigenvalue weighted by Gasteiger charge is -2.43. The Morgan fingerprint density at radius 2 is 1.78 bits per heavy atom. The van der Waals surface area contributed by atoms with E-state index in [1.807, 2.05) is 6.92 Å². The van der Waals surface area contributed by atoms with Crippen molar-refractivity contribution in [3.05, 3.63) is 0 Å². The molecule has 1 N–H and O–H groups in total. The maximum absolute atomic E-state index is 12.9. The molecule has 2 aliphatic carbocycles. The average molecular weight is 452 g/mol. The van der Waals surface area contributed by atoms with Crippen LogP contribution >= 0.6 is 0 Å². The van der Waals surface area contributed by atoms with Crippen LogP contribution in [0.4, 0.5) is 0 Å². The highest BCUT2D eigenvalue weighted by atomic mass is 16.6. The van der Waals surface area contributed by atoms with Gasteiger partial charge in [0.05, 0.1) is 12.0 Å². The molecule has 8 heteroatoms. The van der Waals surface area contributed by atoms with Crippen molar-refractivity contribution in [3.8, 4) is 0 Å². The maximum Gasteiger partial charge on any atom is 0.311 e. The first-order valence-corrected chi connectivity index (χ1v) is 12.1. The normalized spacial score (nSPS) is 44.2. The molecule has 0 amide bonds. The highest BCUT2D eigenvalue weighted by Gasteiger charge is 2.67. The van der Waals surface area contributed by atoms with Crippen LogP contribution in [0.2, 0.25) is 0 Å². The predicted molar refractivity (Wildman–Crippen MR) is 114 cm³/mol. The van der Waals surface area contributed by atoms with Gasteiger partial charge in [-0.3, -0.25) is 14.4 Å². The zero-order valence-corrected chi connectivity index (χ0v) is 19.6. The van der Waals surface area contributed by atoms with Crippen LogP contribution in [0.3, 0.4) is 0 Å². The molecule has 2 heterocycles. The lowest BCUT2D eigenvalue weighted by molar-refractivity contribution is -0.165. The van der Waals surface area contributed by atoms with E-state index in [0.717, 1.165) is 25.9 Å². The fourth-order valence-electron chi connectivity index (χ4n) is 7.21. The minimum absolute atomic E-state index is 0.0103. The number of hydrogen-bond acceptors (Lipinski definition) is 8. The van der Waals surface area contributed by atoms with Gasteiger partial charge in [0.1, 0.15) is 18.3 Å². The molecule has 4 fully saturated rings. The van der Waals surface area contributed by atoms with E-state index in [9.17, 15) is 19.5 Å². The summed E-state index contributed by atoms with van der Waals surface area (Å²) >= 11 is 0. The molecule has 0 aromatic carbocycles. The van der Waals surface area contributed by atoms with E-state index in [0.29, 0.717) is 19.4 Å². The molecule has 2 unspecified atom stereocenters. The van der Waals surface area contributed by atoms with Gasteiger partial charge < -0.3 is 24.2 Å². The summed E-state index contributed by atoms with van der Waals surface area (Å²) in [5, 5.41) is 11.9. The van der Waals surface area contributed by atoms with Gasteiger partial charge in [0.15, 0.2) is 0 Å². The third kappa shape index (κ3) is 4.04. The van der Waals surface area contributed by atoms with Crippen molar-refractivity contribution in [1.29, 1.82) is 0 Å². The third-order valence-electron chi connectivity index (χ3n) is 8.47. The molecule has 4 aliphatic rings. The van der Waals surface area contributed by atoms with Crippen molar-refractivity contribution < 1.29 is 33.7 Å². The number of fused-ring (bicyclic) bond motifs is 2. The van der Waals surface area contributed by atoms with Gasteiger partial charge in [-0.25, -0.2) is 0 Å². The highest BCUT2D eigenvalue weighted by Crippen LogP contribution is 2.58. The van der Waals surface area contributed by atoms with Crippen LogP contribution in [0.1, 0.15) is 59.8 Å². The average Bonchev–Trinajstić information content (AvgIpc) is 3.12. The summed E-state index contributed by atoms with van der Waals surface area (Å²) in [6.07, 6.45) is 2.02. The van der Waals surface area contributed by atoms with Crippen LogP contribution in [-0.4, -0.2) is 72.0 Å². The maximum atomic E-state index is 12.9. The molecular weight excluding hydrogens is 414 g/mol. The second-order valence-electron chi connectivity index (χ2n) is 10.6. The molecular formula is C24H37NO7. The SMILES string of the molecule is CC(=O)O[C@H]1C[C@H](OC(C)=O)[C@]2(C)C1[C@H](C)C[C@@H]1OC(=O)C(CN3CCCCC3)[C@H]1[C@@H]2O. The number of aliphatic hydroxyl groups excluding tert-OH is 1. The van der Waals surface area contributed by atoms with E-state index in [-0.39, 0.29) is 35.8 Å². The smallest absolute Gasteiger partial charge is 0.311 e. The summed E-state index contributed by atoms with van der Waals surface area (Å²) in [6, 6.07) is 0. The molecule has 0 aromatic rings. The molecule has 0 bridgehead atoms. The molecule has 32 heavy (non-hydrogen) atoms. The number of carbonyl (C=O) groups is 3. The van der Waals surface area contributed by atoms with Crippen LogP contribution in [0.25, 0.3) is 0 Å². The Morgan fingerprint density at radius 3 is 2.41 bits per heavy atom. The zero-order chi connectivity index (χ0) is 23.2. The Kier molecular flexibility index (Phi) is 6.56. The lowest BCUT2D eigenvalue weighted by Crippen LogP contribution is -2.52. The van der Waals surface area contributed by atoms with Gasteiger partial charge in [-0.2, -0.15) is 0 Å². The Balaban J connectivity index is 1.68. The number of hydrogen-bond donors (Lipinski definition) is 1. The summed E-state index contributed by atoms with van der Waals surface area (Å²) < 4.78 is 17.2. The van der Waals surface area contributed by atoms with Crippen LogP contribution in [0, 0.1) is 29.1 Å². The van der Waals surface area contributed by atoms with E-state index in [4.69, 9.17) is 14.2 Å². The Labute approximate surface area is 189 Å². The summed E-state index contributed by atoms with van der Waals surface area (Å²) in [5.41, 5.74) is -0.848. The number of ether oxygens (including phenoxy) is 3. The number of carbonyl (C=O) groups excluding carboxylic acids is 3. The molecule has 0 radical (unpaired) electrons. The molecule has 180 valence electrons. The number of nitrogens with zero attached hydrogens (tertiary/aromatic N) is 1. The first kappa shape index (κ1) is 23.5. The van der Waals surface area contributed by atoms with Crippen molar-refractivity contribution in [2.45, 2.75) is 84.2 Å². The number of rotatable bonds is 4. The van der Waals surface area contributed by atoms with Gasteiger partial charge in [-0.15, -0.1) is 0 Å². The van der Waals surface area contributed by atoms with Gasteiger partial charge in [-0.05, 0) is 38.3 Å². The second-order valence-corrected chi connectivity index (χ2v) is 10.6. The summed E-state index contributed by atoms with van der Waals surface area (Å²) in [5.74, 6) is -2.04. The Morgan fingerprint density at radius 1 is 1.12 bits per heavy atom. The van der Waals surface area contributed by atoms with Gasteiger partial charge in [0.2, 0.25) is 0 Å². The van der Waals surface area contributed by atoms with Gasteiger partial charge in [-0.1, -0.05) is 20.3 Å². The molecule has 2 saturated heterocycles. The van der Waals surface area contributed by atoms with E-state index >= 15 is 0 Å². The van der Waals surface area contributed by atoms with Gasteiger partial charge in [0, 0.05) is 44.1 Å². The fraction of sp³-hybridized carbons (Fsp3) is 0.875. The van der Waals surface area contributed by atoms with Crippen LogP contribution in [-0.2, 0) is 28.6 Å². The Hall–Kier alpha value is -1.67. The van der Waals surface area contributed by atoms with E-state index in [1.165, 1.54) is 20.3 Å². The second kappa shape index (κ2) is 8.93. The predicted octanol–water partition coefficient (Wildman–Crippen LogP) is 1.92. The minimum Gasteiger partial charge on any atom is -0.462 e. The molecule has 8 nitrogen and oxygen atoms in total. The monoisotopic (exact) mass is 451 g/mol. The van der Waals surface area contributed by atoms with Gasteiger partial charge in [0.25, 0.3) is 0 Å². The number of aliphatic hydroxyl groups is 1. The van der Waals surface area contributed by atoms with Crippen molar-refractivity contribution in [3.63, 3.8) is 0 Å². The minimum atomic E-state index is -0.923. The van der Waals surface area contributed by atoms with Crippen molar-refractivity contribution in [1.82, 2.24) is 4.90 Å². The summed E-state index contributed by atoms with van der Waals surface area (Å²) in [6.45, 7) is 9.21. The first-order valence-electron chi connectivity index (χ1n) is 12.1. The van der Waals surface area contributed by atoms with Crippen LogP contribution < -0.4 is 0 Å². The van der Waals surface area contributed by atoms with Crippen LogP contribution in [0.5, 0.6) is 0 Å². The molecule has 9 atom stereocenters.